The molecule has 0 spiro atoms. The van der Waals surface area contributed by atoms with Gasteiger partial charge in [-0.25, -0.2) is 0 Å². The van der Waals surface area contributed by atoms with Gasteiger partial charge in [-0.3, -0.25) is 4.79 Å². The number of carbonyl (C=O) groups excluding carboxylic acids is 1. The Balaban J connectivity index is 1.96. The highest BCUT2D eigenvalue weighted by molar-refractivity contribution is 6.49. The van der Waals surface area contributed by atoms with Gasteiger partial charge in [0, 0.05) is 11.0 Å². The second-order valence-corrected chi connectivity index (χ2v) is 13.4. The quantitative estimate of drug-likeness (QED) is 0.469. The summed E-state index contributed by atoms with van der Waals surface area (Å²) in [5.74, 6) is 3.77. The van der Waals surface area contributed by atoms with Crippen molar-refractivity contribution >= 4 is 14.8 Å². The van der Waals surface area contributed by atoms with E-state index < -0.39 is 9.04 Å². The number of hydrogen-bond acceptors (Lipinski definition) is 2. The molecule has 4 fully saturated rings. The number of Topliss-reactive ketones (excluding diaryl/α,β-unsaturated/α-hetero) is 1. The fourth-order valence-electron chi connectivity index (χ4n) is 6.79. The number of ketones is 1. The highest BCUT2D eigenvalue weighted by Gasteiger charge is 2.54. The lowest BCUT2D eigenvalue weighted by Gasteiger charge is -2.58. The Hall–Kier alpha value is -1.09. The van der Waals surface area contributed by atoms with Crippen molar-refractivity contribution in [1.29, 1.82) is 0 Å². The Labute approximate surface area is 166 Å². The molecule has 0 unspecified atom stereocenters. The van der Waals surface area contributed by atoms with Crippen LogP contribution in [0.25, 0.3) is 0 Å². The molecule has 4 bridgehead atoms. The minimum absolute atomic E-state index is 0.0601. The molecule has 0 heterocycles. The lowest BCUT2D eigenvalue weighted by atomic mass is 9.47. The van der Waals surface area contributed by atoms with Gasteiger partial charge in [0.2, 0.25) is 9.04 Å². The second kappa shape index (κ2) is 6.47. The summed E-state index contributed by atoms with van der Waals surface area (Å²) in [7, 11) is -1.32. The zero-order chi connectivity index (χ0) is 19.6. The van der Waals surface area contributed by atoms with Crippen LogP contribution in [-0.2, 0) is 10.8 Å². The minimum Gasteiger partial charge on any atom is -0.546 e. The van der Waals surface area contributed by atoms with Crippen molar-refractivity contribution in [2.24, 2.45) is 17.8 Å². The van der Waals surface area contributed by atoms with Crippen LogP contribution in [0.4, 0.5) is 0 Å². The van der Waals surface area contributed by atoms with Crippen molar-refractivity contribution in [1.82, 2.24) is 0 Å². The summed E-state index contributed by atoms with van der Waals surface area (Å²) in [6.07, 6.45) is 8.22. The highest BCUT2D eigenvalue weighted by Crippen LogP contribution is 2.63. The van der Waals surface area contributed by atoms with Crippen molar-refractivity contribution in [3.05, 3.63) is 28.8 Å². The number of rotatable bonds is 4. The summed E-state index contributed by atoms with van der Waals surface area (Å²) < 4.78 is 6.58. The van der Waals surface area contributed by atoms with E-state index in [1.54, 1.807) is 6.92 Å². The van der Waals surface area contributed by atoms with E-state index in [9.17, 15) is 4.79 Å². The third-order valence-corrected chi connectivity index (χ3v) is 7.97. The highest BCUT2D eigenvalue weighted by atomic mass is 28.3. The molecule has 148 valence electrons. The van der Waals surface area contributed by atoms with Crippen LogP contribution in [0.3, 0.4) is 0 Å². The molecule has 0 N–H and O–H groups in total. The van der Waals surface area contributed by atoms with E-state index in [2.05, 4.69) is 39.9 Å². The number of benzene rings is 1. The van der Waals surface area contributed by atoms with E-state index >= 15 is 0 Å². The monoisotopic (exact) mass is 384 g/mol. The van der Waals surface area contributed by atoms with Crippen LogP contribution >= 0.6 is 0 Å². The third-order valence-electron chi connectivity index (χ3n) is 7.27. The Kier molecular flexibility index (Phi) is 4.61. The summed E-state index contributed by atoms with van der Waals surface area (Å²) in [6.45, 7) is 13.1. The molecular weight excluding hydrogens is 348 g/mol. The third kappa shape index (κ3) is 3.30. The molecule has 0 atom stereocenters. The van der Waals surface area contributed by atoms with Gasteiger partial charge in [-0.05, 0) is 93.3 Å². The summed E-state index contributed by atoms with van der Waals surface area (Å²) in [4.78, 5) is 12.5. The maximum Gasteiger partial charge on any atom is 0.229 e. The Morgan fingerprint density at radius 2 is 1.56 bits per heavy atom. The zero-order valence-electron chi connectivity index (χ0n) is 18.0. The molecule has 0 aliphatic heterocycles. The van der Waals surface area contributed by atoms with Crippen LogP contribution in [0, 0.1) is 17.8 Å². The lowest BCUT2D eigenvalue weighted by molar-refractivity contribution is -0.00660. The van der Waals surface area contributed by atoms with Crippen molar-refractivity contribution in [3.8, 4) is 5.75 Å². The van der Waals surface area contributed by atoms with Gasteiger partial charge >= 0.3 is 0 Å². The van der Waals surface area contributed by atoms with E-state index in [1.807, 2.05) is 6.07 Å². The van der Waals surface area contributed by atoms with Gasteiger partial charge in [0.25, 0.3) is 0 Å². The first-order chi connectivity index (χ1) is 12.6. The van der Waals surface area contributed by atoms with Gasteiger partial charge in [-0.2, -0.15) is 0 Å². The molecule has 0 saturated heterocycles. The van der Waals surface area contributed by atoms with Crippen molar-refractivity contribution in [2.75, 3.05) is 0 Å². The summed E-state index contributed by atoms with van der Waals surface area (Å²) in [6, 6.07) is 4.29. The molecule has 0 radical (unpaired) electrons. The summed E-state index contributed by atoms with van der Waals surface area (Å²) in [5.41, 5.74) is 3.96. The first kappa shape index (κ1) is 19.2. The van der Waals surface area contributed by atoms with Crippen molar-refractivity contribution in [2.45, 2.75) is 90.1 Å². The SMILES string of the molecule is CC(=O)c1ccc(C(C)(C)C)c(C23CC4CC(CC(C4)C2)C3)c1O[SiH](C)C. The van der Waals surface area contributed by atoms with Gasteiger partial charge in [0.05, 0.1) is 5.56 Å². The molecule has 4 saturated carbocycles. The van der Waals surface area contributed by atoms with E-state index in [0.29, 0.717) is 0 Å². The van der Waals surface area contributed by atoms with Gasteiger partial charge in [-0.1, -0.05) is 26.8 Å². The molecule has 4 aliphatic rings. The molecule has 5 rings (SSSR count). The van der Waals surface area contributed by atoms with Crippen LogP contribution in [0.2, 0.25) is 13.1 Å². The Bertz CT molecular complexity index is 721. The second-order valence-electron chi connectivity index (χ2n) is 11.0. The predicted octanol–water partition coefficient (Wildman–Crippen LogP) is 6.02. The molecule has 0 aromatic heterocycles. The Morgan fingerprint density at radius 1 is 1.04 bits per heavy atom. The standard InChI is InChI=1S/C24H36O2Si/c1-15(25)19-7-8-20(23(2,3)4)21(22(19)26-27(5)6)24-12-16-9-17(13-24)11-18(10-16)14-24/h7-8,16-18,27H,9-14H2,1-6H3. The van der Waals surface area contributed by atoms with Crippen LogP contribution in [-0.4, -0.2) is 14.8 Å². The fraction of sp³-hybridized carbons (Fsp3) is 0.708. The van der Waals surface area contributed by atoms with Crippen LogP contribution in [0.15, 0.2) is 12.1 Å². The first-order valence-electron chi connectivity index (χ1n) is 10.9. The topological polar surface area (TPSA) is 26.3 Å². The van der Waals surface area contributed by atoms with Gasteiger partial charge in [-0.15, -0.1) is 0 Å². The molecule has 2 nitrogen and oxygen atoms in total. The normalized spacial score (nSPS) is 32.2. The average Bonchev–Trinajstić information content (AvgIpc) is 2.51. The van der Waals surface area contributed by atoms with E-state index in [-0.39, 0.29) is 16.6 Å². The maximum atomic E-state index is 12.5. The van der Waals surface area contributed by atoms with Gasteiger partial charge in [0.1, 0.15) is 5.75 Å². The number of hydrogen-bond donors (Lipinski definition) is 0. The zero-order valence-corrected chi connectivity index (χ0v) is 19.2. The van der Waals surface area contributed by atoms with Crippen LogP contribution < -0.4 is 4.43 Å². The maximum absolute atomic E-state index is 12.5. The molecule has 1 aromatic carbocycles. The molecule has 27 heavy (non-hydrogen) atoms. The summed E-state index contributed by atoms with van der Waals surface area (Å²) >= 11 is 0. The fourth-order valence-corrected chi connectivity index (χ4v) is 7.50. The minimum atomic E-state index is -1.32. The van der Waals surface area contributed by atoms with Gasteiger partial charge < -0.3 is 4.43 Å². The van der Waals surface area contributed by atoms with Crippen molar-refractivity contribution < 1.29 is 9.22 Å². The predicted molar refractivity (Wildman–Crippen MR) is 115 cm³/mol. The summed E-state index contributed by atoms with van der Waals surface area (Å²) in [5, 5.41) is 0. The number of carbonyl (C=O) groups is 1. The van der Waals surface area contributed by atoms with E-state index in [1.165, 1.54) is 49.7 Å². The molecule has 3 heteroatoms. The molecule has 0 amide bonds. The lowest BCUT2D eigenvalue weighted by Crippen LogP contribution is -2.49. The average molecular weight is 385 g/mol. The van der Waals surface area contributed by atoms with E-state index in [0.717, 1.165) is 29.1 Å². The van der Waals surface area contributed by atoms with Crippen molar-refractivity contribution in [3.63, 3.8) is 0 Å². The largest absolute Gasteiger partial charge is 0.546 e. The first-order valence-corrected chi connectivity index (χ1v) is 13.7. The van der Waals surface area contributed by atoms with Gasteiger partial charge in [0.15, 0.2) is 5.78 Å². The molecular formula is C24H36O2Si. The smallest absolute Gasteiger partial charge is 0.229 e. The van der Waals surface area contributed by atoms with E-state index in [4.69, 9.17) is 4.43 Å². The molecule has 4 aliphatic carbocycles. The molecule has 1 aromatic rings. The van der Waals surface area contributed by atoms with Crippen LogP contribution in [0.1, 0.15) is 87.7 Å². The van der Waals surface area contributed by atoms with Crippen LogP contribution in [0.5, 0.6) is 5.75 Å². The Morgan fingerprint density at radius 3 is 1.96 bits per heavy atom.